The fourth-order valence-corrected chi connectivity index (χ4v) is 3.76. The largest absolute Gasteiger partial charge is 0.481 e. The van der Waals surface area contributed by atoms with Crippen molar-refractivity contribution in [1.82, 2.24) is 10.4 Å². The lowest BCUT2D eigenvalue weighted by Crippen LogP contribution is -2.42. The van der Waals surface area contributed by atoms with Gasteiger partial charge in [-0.15, -0.1) is 0 Å². The number of hydrogen-bond acceptors (Lipinski definition) is 5. The smallest absolute Gasteiger partial charge is 0.303 e. The molecule has 0 aromatic heterocycles. The third kappa shape index (κ3) is 5.81. The number of carboxylic acids is 1. The van der Waals surface area contributed by atoms with Crippen LogP contribution >= 0.6 is 0 Å². The number of hydroxylamine groups is 2. The van der Waals surface area contributed by atoms with Gasteiger partial charge in [-0.2, -0.15) is 0 Å². The van der Waals surface area contributed by atoms with Gasteiger partial charge in [-0.1, -0.05) is 12.2 Å². The first-order chi connectivity index (χ1) is 12.4. The SMILES string of the molecule is CC(=O)N(O)CC(=O)NC[C@H]1[C@@H](CC=CCCCC(=O)O)[C@H]2CC[C@@H]1O2. The van der Waals surface area contributed by atoms with E-state index in [-0.39, 0.29) is 31.1 Å². The maximum absolute atomic E-state index is 11.8. The highest BCUT2D eigenvalue weighted by atomic mass is 16.5. The van der Waals surface area contributed by atoms with Crippen LogP contribution in [0.3, 0.4) is 0 Å². The average Bonchev–Trinajstić information content (AvgIpc) is 3.17. The molecule has 4 atom stereocenters. The predicted octanol–water partition coefficient (Wildman–Crippen LogP) is 1.34. The number of fused-ring (bicyclic) bond motifs is 2. The van der Waals surface area contributed by atoms with Crippen LogP contribution in [-0.2, 0) is 19.1 Å². The summed E-state index contributed by atoms with van der Waals surface area (Å²) >= 11 is 0. The van der Waals surface area contributed by atoms with Crippen LogP contribution in [0, 0.1) is 11.8 Å². The average molecular weight is 368 g/mol. The fourth-order valence-electron chi connectivity index (χ4n) is 3.76. The molecule has 26 heavy (non-hydrogen) atoms. The quantitative estimate of drug-likeness (QED) is 0.232. The third-order valence-electron chi connectivity index (χ3n) is 5.12. The number of nitrogens with zero attached hydrogens (tertiary/aromatic N) is 1. The second-order valence-electron chi connectivity index (χ2n) is 6.99. The van der Waals surface area contributed by atoms with Crippen molar-refractivity contribution in [2.24, 2.45) is 11.8 Å². The van der Waals surface area contributed by atoms with Crippen molar-refractivity contribution in [2.45, 2.75) is 57.7 Å². The molecule has 0 saturated carbocycles. The van der Waals surface area contributed by atoms with Crippen molar-refractivity contribution >= 4 is 17.8 Å². The van der Waals surface area contributed by atoms with E-state index in [1.807, 2.05) is 6.08 Å². The minimum Gasteiger partial charge on any atom is -0.481 e. The molecule has 2 bridgehead atoms. The summed E-state index contributed by atoms with van der Waals surface area (Å²) in [5.74, 6) is -1.21. The molecule has 0 unspecified atom stereocenters. The Bertz CT molecular complexity index is 550. The van der Waals surface area contributed by atoms with Gasteiger partial charge in [0.15, 0.2) is 0 Å². The van der Waals surface area contributed by atoms with E-state index in [0.29, 0.717) is 23.9 Å². The number of allylic oxidation sites excluding steroid dienone is 2. The van der Waals surface area contributed by atoms with Gasteiger partial charge in [-0.3, -0.25) is 19.6 Å². The highest BCUT2D eigenvalue weighted by Crippen LogP contribution is 2.44. The van der Waals surface area contributed by atoms with E-state index in [9.17, 15) is 19.6 Å². The van der Waals surface area contributed by atoms with E-state index in [4.69, 9.17) is 9.84 Å². The lowest BCUT2D eigenvalue weighted by atomic mass is 9.77. The summed E-state index contributed by atoms with van der Waals surface area (Å²) in [4.78, 5) is 33.3. The molecule has 0 radical (unpaired) electrons. The Hall–Kier alpha value is -1.93. The van der Waals surface area contributed by atoms with Gasteiger partial charge < -0.3 is 15.2 Å². The van der Waals surface area contributed by atoms with Crippen molar-refractivity contribution in [1.29, 1.82) is 0 Å². The molecule has 2 fully saturated rings. The first kappa shape index (κ1) is 20.4. The van der Waals surface area contributed by atoms with E-state index < -0.39 is 17.8 Å². The molecule has 2 rings (SSSR count). The molecule has 8 nitrogen and oxygen atoms in total. The van der Waals surface area contributed by atoms with Crippen molar-refractivity contribution in [3.8, 4) is 0 Å². The second kappa shape index (κ2) is 9.68. The molecule has 2 saturated heterocycles. The van der Waals surface area contributed by atoms with E-state index >= 15 is 0 Å². The molecule has 2 amide bonds. The predicted molar refractivity (Wildman–Crippen MR) is 92.3 cm³/mol. The Labute approximate surface area is 153 Å². The van der Waals surface area contributed by atoms with Gasteiger partial charge in [0.25, 0.3) is 0 Å². The number of amides is 2. The van der Waals surface area contributed by atoms with Gasteiger partial charge >= 0.3 is 5.97 Å². The Morgan fingerprint density at radius 3 is 2.54 bits per heavy atom. The van der Waals surface area contributed by atoms with Crippen molar-refractivity contribution in [3.05, 3.63) is 12.2 Å². The zero-order valence-corrected chi connectivity index (χ0v) is 15.1. The van der Waals surface area contributed by atoms with Gasteiger partial charge in [0.2, 0.25) is 11.8 Å². The first-order valence-corrected chi connectivity index (χ1v) is 9.14. The number of nitrogens with one attached hydrogen (secondary N) is 1. The monoisotopic (exact) mass is 368 g/mol. The normalized spacial score (nSPS) is 27.0. The van der Waals surface area contributed by atoms with Gasteiger partial charge in [0, 0.05) is 25.8 Å². The summed E-state index contributed by atoms with van der Waals surface area (Å²) in [5, 5.41) is 21.1. The van der Waals surface area contributed by atoms with E-state index in [1.54, 1.807) is 0 Å². The van der Waals surface area contributed by atoms with Crippen LogP contribution in [-0.4, -0.2) is 58.5 Å². The Morgan fingerprint density at radius 2 is 1.88 bits per heavy atom. The highest BCUT2D eigenvalue weighted by Gasteiger charge is 2.47. The highest BCUT2D eigenvalue weighted by molar-refractivity contribution is 5.82. The van der Waals surface area contributed by atoms with Crippen molar-refractivity contribution in [2.75, 3.05) is 13.1 Å². The summed E-state index contributed by atoms with van der Waals surface area (Å²) in [6, 6.07) is 0. The molecule has 2 heterocycles. The summed E-state index contributed by atoms with van der Waals surface area (Å²) in [5.41, 5.74) is 0. The van der Waals surface area contributed by atoms with Crippen molar-refractivity contribution in [3.63, 3.8) is 0 Å². The molecule has 8 heteroatoms. The Kier molecular flexibility index (Phi) is 7.59. The minimum atomic E-state index is -0.776. The topological polar surface area (TPSA) is 116 Å². The standard InChI is InChI=1S/C18H28N2O6/c1-12(21)20(25)11-17(22)19-10-14-13(15-8-9-16(14)26-15)6-4-2-3-5-7-18(23)24/h2,4,13-16,25H,3,5-11H2,1H3,(H,19,22)(H,23,24)/t13-,14+,15-,16+/m1/s1. The van der Waals surface area contributed by atoms with Gasteiger partial charge in [0.1, 0.15) is 6.54 Å². The first-order valence-electron chi connectivity index (χ1n) is 9.14. The van der Waals surface area contributed by atoms with Gasteiger partial charge in [-0.25, -0.2) is 5.06 Å². The van der Waals surface area contributed by atoms with Crippen molar-refractivity contribution < 1.29 is 29.4 Å². The number of rotatable bonds is 10. The summed E-state index contributed by atoms with van der Waals surface area (Å²) < 4.78 is 5.98. The van der Waals surface area contributed by atoms with E-state index in [0.717, 1.165) is 25.7 Å². The summed E-state index contributed by atoms with van der Waals surface area (Å²) in [6.07, 6.45) is 8.86. The van der Waals surface area contributed by atoms with Gasteiger partial charge in [0.05, 0.1) is 12.2 Å². The number of ether oxygens (including phenoxy) is 1. The molecule has 2 aliphatic heterocycles. The Balaban J connectivity index is 1.77. The van der Waals surface area contributed by atoms with Crippen LogP contribution in [0.5, 0.6) is 0 Å². The molecule has 0 aliphatic carbocycles. The van der Waals surface area contributed by atoms with Gasteiger partial charge in [-0.05, 0) is 38.0 Å². The van der Waals surface area contributed by atoms with Crippen LogP contribution in [0.4, 0.5) is 0 Å². The second-order valence-corrected chi connectivity index (χ2v) is 6.99. The molecule has 0 aromatic rings. The molecular weight excluding hydrogens is 340 g/mol. The van der Waals surface area contributed by atoms with Crippen LogP contribution in [0.1, 0.15) is 45.4 Å². The molecule has 146 valence electrons. The number of aliphatic carboxylic acids is 1. The number of carboxylic acid groups (broad SMARTS) is 1. The summed E-state index contributed by atoms with van der Waals surface area (Å²) in [6.45, 7) is 1.28. The molecule has 3 N–H and O–H groups in total. The fraction of sp³-hybridized carbons (Fsp3) is 0.722. The maximum Gasteiger partial charge on any atom is 0.303 e. The van der Waals surface area contributed by atoms with Crippen LogP contribution in [0.15, 0.2) is 12.2 Å². The minimum absolute atomic E-state index is 0.142. The third-order valence-corrected chi connectivity index (χ3v) is 5.12. The number of carbonyl (C=O) groups is 3. The molecular formula is C18H28N2O6. The zero-order valence-electron chi connectivity index (χ0n) is 15.1. The number of carbonyl (C=O) groups excluding carboxylic acids is 2. The van der Waals surface area contributed by atoms with E-state index in [1.165, 1.54) is 6.92 Å². The Morgan fingerprint density at radius 1 is 1.19 bits per heavy atom. The van der Waals surface area contributed by atoms with E-state index in [2.05, 4.69) is 11.4 Å². The summed E-state index contributed by atoms with van der Waals surface area (Å²) in [7, 11) is 0. The number of hydrogen-bond donors (Lipinski definition) is 3. The molecule has 2 aliphatic rings. The van der Waals surface area contributed by atoms with Crippen LogP contribution < -0.4 is 5.32 Å². The van der Waals surface area contributed by atoms with Crippen LogP contribution in [0.25, 0.3) is 0 Å². The lowest BCUT2D eigenvalue weighted by molar-refractivity contribution is -0.166. The molecule has 0 aromatic carbocycles. The van der Waals surface area contributed by atoms with Crippen LogP contribution in [0.2, 0.25) is 0 Å². The maximum atomic E-state index is 11.8. The zero-order chi connectivity index (χ0) is 19.1. The molecule has 0 spiro atoms. The number of unbranched alkanes of at least 4 members (excludes halogenated alkanes) is 1. The lowest BCUT2D eigenvalue weighted by Gasteiger charge is -2.27.